The molecule has 0 amide bonds. The Balaban J connectivity index is 4.11. The second-order valence-corrected chi connectivity index (χ2v) is 5.95. The summed E-state index contributed by atoms with van der Waals surface area (Å²) in [6.07, 6.45) is 17.2. The highest BCUT2D eigenvalue weighted by molar-refractivity contribution is 5.69. The summed E-state index contributed by atoms with van der Waals surface area (Å²) >= 11 is 0. The second-order valence-electron chi connectivity index (χ2n) is 5.95. The van der Waals surface area contributed by atoms with Gasteiger partial charge in [0, 0.05) is 6.42 Å². The highest BCUT2D eigenvalue weighted by atomic mass is 16.5. The Labute approximate surface area is 168 Å². The van der Waals surface area contributed by atoms with Crippen LogP contribution in [0.3, 0.4) is 0 Å². The van der Waals surface area contributed by atoms with E-state index in [1.54, 1.807) is 42.5 Å². The molecule has 0 aliphatic carbocycles. The van der Waals surface area contributed by atoms with Crippen LogP contribution in [0.5, 0.6) is 0 Å². The minimum absolute atomic E-state index is 0.279. The van der Waals surface area contributed by atoms with Crippen molar-refractivity contribution in [3.05, 3.63) is 60.8 Å². The first kappa shape index (κ1) is 25.6. The van der Waals surface area contributed by atoms with E-state index in [2.05, 4.69) is 16.6 Å². The zero-order valence-corrected chi connectivity index (χ0v) is 16.7. The lowest BCUT2D eigenvalue weighted by atomic mass is 10.1. The number of allylic oxidation sites excluding steroid dienone is 6. The summed E-state index contributed by atoms with van der Waals surface area (Å²) < 4.78 is 4.53. The van der Waals surface area contributed by atoms with Crippen molar-refractivity contribution in [2.45, 2.75) is 57.3 Å². The molecule has 0 saturated heterocycles. The molecule has 0 fully saturated rings. The zero-order chi connectivity index (χ0) is 21.0. The van der Waals surface area contributed by atoms with E-state index in [-0.39, 0.29) is 12.4 Å². The molecule has 5 nitrogen and oxygen atoms in total. The van der Waals surface area contributed by atoms with Gasteiger partial charge in [-0.25, -0.2) is 0 Å². The fourth-order valence-electron chi connectivity index (χ4n) is 1.94. The van der Waals surface area contributed by atoms with E-state index in [0.29, 0.717) is 19.3 Å². The van der Waals surface area contributed by atoms with Crippen molar-refractivity contribution in [3.8, 4) is 11.8 Å². The minimum atomic E-state index is -0.992. The van der Waals surface area contributed by atoms with Gasteiger partial charge in [0.2, 0.25) is 0 Å². The van der Waals surface area contributed by atoms with Crippen LogP contribution in [0.2, 0.25) is 0 Å². The summed E-state index contributed by atoms with van der Waals surface area (Å²) in [5.41, 5.74) is 0. The Morgan fingerprint density at radius 1 is 0.964 bits per heavy atom. The number of carbonyl (C=O) groups excluding carboxylic acids is 1. The van der Waals surface area contributed by atoms with E-state index in [1.807, 2.05) is 19.1 Å². The molecule has 0 spiro atoms. The van der Waals surface area contributed by atoms with Crippen molar-refractivity contribution < 1.29 is 24.9 Å². The highest BCUT2D eigenvalue weighted by Crippen LogP contribution is 2.04. The van der Waals surface area contributed by atoms with Crippen LogP contribution in [0, 0.1) is 11.8 Å². The maximum absolute atomic E-state index is 10.9. The van der Waals surface area contributed by atoms with Crippen LogP contribution in [0.1, 0.15) is 39.0 Å². The van der Waals surface area contributed by atoms with Gasteiger partial charge in [0.25, 0.3) is 0 Å². The number of carbonyl (C=O) groups is 1. The molecule has 0 radical (unpaired) electrons. The molecule has 0 aromatic carbocycles. The second kappa shape index (κ2) is 18.0. The lowest BCUT2D eigenvalue weighted by Gasteiger charge is -2.11. The summed E-state index contributed by atoms with van der Waals surface area (Å²) in [5.74, 6) is 5.28. The number of aliphatic hydroxyl groups is 3. The van der Waals surface area contributed by atoms with Crippen LogP contribution in [0.15, 0.2) is 60.8 Å². The lowest BCUT2D eigenvalue weighted by Crippen LogP contribution is -2.22. The zero-order valence-electron chi connectivity index (χ0n) is 16.7. The Bertz CT molecular complexity index is 617. The fourth-order valence-corrected chi connectivity index (χ4v) is 1.94. The van der Waals surface area contributed by atoms with Crippen molar-refractivity contribution >= 4 is 5.97 Å². The molecule has 0 heterocycles. The smallest absolute Gasteiger partial charge is 0.305 e. The number of esters is 1. The van der Waals surface area contributed by atoms with Gasteiger partial charge in [0.1, 0.15) is 0 Å². The lowest BCUT2D eigenvalue weighted by molar-refractivity contribution is -0.140. The van der Waals surface area contributed by atoms with Gasteiger partial charge in [-0.2, -0.15) is 0 Å². The standard InChI is InChI=1S/C23H32O5/c1-3-4-10-15-20(24)16-11-7-5-6-8-12-17-21(25)22(26)18-13-9-14-19-23(27)28-2/h4,6,8-13,16-17,20-22,24-26H,3,14-15,18-19H2,1-2H3/b8-6+,10-4-,13-9-,16-11+,17-12+/t20-,21+,22-/m0/s1. The predicted molar refractivity (Wildman–Crippen MR) is 112 cm³/mol. The average Bonchev–Trinajstić information content (AvgIpc) is 2.69. The number of aliphatic hydroxyl groups excluding tert-OH is 3. The summed E-state index contributed by atoms with van der Waals surface area (Å²) in [5, 5.41) is 29.3. The molecule has 0 unspecified atom stereocenters. The van der Waals surface area contributed by atoms with E-state index in [0.717, 1.165) is 6.42 Å². The number of rotatable bonds is 12. The molecule has 0 rings (SSSR count). The Kier molecular flexibility index (Phi) is 16.5. The van der Waals surface area contributed by atoms with Crippen LogP contribution >= 0.6 is 0 Å². The summed E-state index contributed by atoms with van der Waals surface area (Å²) in [7, 11) is 1.34. The van der Waals surface area contributed by atoms with E-state index >= 15 is 0 Å². The molecule has 0 saturated carbocycles. The van der Waals surface area contributed by atoms with Gasteiger partial charge in [-0.1, -0.05) is 61.3 Å². The topological polar surface area (TPSA) is 87.0 Å². The van der Waals surface area contributed by atoms with Crippen molar-refractivity contribution in [1.29, 1.82) is 0 Å². The molecule has 0 aromatic heterocycles. The predicted octanol–water partition coefficient (Wildman–Crippen LogP) is 3.00. The average molecular weight is 389 g/mol. The monoisotopic (exact) mass is 388 g/mol. The highest BCUT2D eigenvalue weighted by Gasteiger charge is 2.10. The molecule has 0 aliphatic rings. The Hall–Kier alpha value is -2.39. The van der Waals surface area contributed by atoms with Gasteiger partial charge in [0.05, 0.1) is 25.4 Å². The molecular weight excluding hydrogens is 356 g/mol. The largest absolute Gasteiger partial charge is 0.469 e. The summed E-state index contributed by atoms with van der Waals surface area (Å²) in [6.45, 7) is 2.04. The molecule has 3 atom stereocenters. The molecule has 3 N–H and O–H groups in total. The Morgan fingerprint density at radius 3 is 2.39 bits per heavy atom. The van der Waals surface area contributed by atoms with Crippen molar-refractivity contribution in [1.82, 2.24) is 0 Å². The van der Waals surface area contributed by atoms with Crippen LogP contribution < -0.4 is 0 Å². The number of hydrogen-bond acceptors (Lipinski definition) is 5. The molecule has 0 aromatic rings. The Morgan fingerprint density at radius 2 is 1.68 bits per heavy atom. The van der Waals surface area contributed by atoms with Crippen LogP contribution in [0.4, 0.5) is 0 Å². The molecular formula is C23H32O5. The normalized spacial score (nSPS) is 15.5. The van der Waals surface area contributed by atoms with E-state index in [9.17, 15) is 20.1 Å². The van der Waals surface area contributed by atoms with Gasteiger partial charge in [-0.3, -0.25) is 4.79 Å². The van der Waals surface area contributed by atoms with Crippen molar-refractivity contribution in [2.75, 3.05) is 7.11 Å². The summed E-state index contributed by atoms with van der Waals surface area (Å²) in [4.78, 5) is 10.9. The first-order chi connectivity index (χ1) is 13.5. The molecule has 0 aliphatic heterocycles. The third-order valence-corrected chi connectivity index (χ3v) is 3.55. The van der Waals surface area contributed by atoms with Crippen molar-refractivity contribution in [3.63, 3.8) is 0 Å². The van der Waals surface area contributed by atoms with Crippen LogP contribution in [0.25, 0.3) is 0 Å². The molecule has 28 heavy (non-hydrogen) atoms. The van der Waals surface area contributed by atoms with Crippen LogP contribution in [-0.4, -0.2) is 46.7 Å². The first-order valence-electron chi connectivity index (χ1n) is 9.43. The first-order valence-corrected chi connectivity index (χ1v) is 9.43. The van der Waals surface area contributed by atoms with Crippen LogP contribution in [-0.2, 0) is 9.53 Å². The SMILES string of the molecule is CC/C=C\C[C@H](O)/C=C/C#C/C=C/C=C/[C@@H](O)[C@@H](O)C/C=C\CCC(=O)OC. The fraction of sp³-hybridized carbons (Fsp3) is 0.435. The van der Waals surface area contributed by atoms with E-state index < -0.39 is 18.3 Å². The van der Waals surface area contributed by atoms with E-state index in [1.165, 1.54) is 13.2 Å². The number of ether oxygens (including phenoxy) is 1. The maximum Gasteiger partial charge on any atom is 0.305 e. The van der Waals surface area contributed by atoms with Gasteiger partial charge in [-0.05, 0) is 43.9 Å². The summed E-state index contributed by atoms with van der Waals surface area (Å²) in [6, 6.07) is 0. The maximum atomic E-state index is 10.9. The number of hydrogen-bond donors (Lipinski definition) is 3. The van der Waals surface area contributed by atoms with E-state index in [4.69, 9.17) is 0 Å². The van der Waals surface area contributed by atoms with Gasteiger partial charge >= 0.3 is 5.97 Å². The van der Waals surface area contributed by atoms with Crippen molar-refractivity contribution in [2.24, 2.45) is 0 Å². The third kappa shape index (κ3) is 15.8. The number of methoxy groups -OCH3 is 1. The quantitative estimate of drug-likeness (QED) is 0.207. The molecule has 5 heteroatoms. The van der Waals surface area contributed by atoms with Gasteiger partial charge in [0.15, 0.2) is 0 Å². The van der Waals surface area contributed by atoms with Gasteiger partial charge in [-0.15, -0.1) is 0 Å². The molecule has 0 bridgehead atoms. The third-order valence-electron chi connectivity index (χ3n) is 3.55. The van der Waals surface area contributed by atoms with Gasteiger partial charge < -0.3 is 20.1 Å². The minimum Gasteiger partial charge on any atom is -0.469 e. The molecule has 154 valence electrons.